The van der Waals surface area contributed by atoms with E-state index in [1.165, 1.54) is 0 Å². The van der Waals surface area contributed by atoms with Crippen molar-refractivity contribution in [1.29, 1.82) is 0 Å². The van der Waals surface area contributed by atoms with E-state index in [1.807, 2.05) is 12.1 Å². The smallest absolute Gasteiger partial charge is 0.258 e. The standard InChI is InChI=1S/C14H10Cl3NO/c15-8-9-4-6-10(7-5-9)18-14(19)13-11(16)2-1-3-12(13)17/h1-7H,8H2,(H,18,19). The first-order valence-electron chi connectivity index (χ1n) is 5.52. The summed E-state index contributed by atoms with van der Waals surface area (Å²) in [5, 5.41) is 3.38. The molecule has 0 aliphatic heterocycles. The van der Waals surface area contributed by atoms with E-state index in [9.17, 15) is 4.79 Å². The molecule has 0 bridgehead atoms. The van der Waals surface area contributed by atoms with Crippen LogP contribution in [-0.4, -0.2) is 5.91 Å². The summed E-state index contributed by atoms with van der Waals surface area (Å²) in [6.45, 7) is 0. The zero-order valence-corrected chi connectivity index (χ0v) is 12.1. The van der Waals surface area contributed by atoms with Gasteiger partial charge >= 0.3 is 0 Å². The molecule has 0 spiro atoms. The quantitative estimate of drug-likeness (QED) is 0.795. The van der Waals surface area contributed by atoms with Crippen LogP contribution in [0.5, 0.6) is 0 Å². The summed E-state index contributed by atoms with van der Waals surface area (Å²) in [4.78, 5) is 12.1. The topological polar surface area (TPSA) is 29.1 Å². The summed E-state index contributed by atoms with van der Waals surface area (Å²) in [6, 6.07) is 12.2. The number of amides is 1. The normalized spacial score (nSPS) is 10.3. The Morgan fingerprint density at radius 1 is 1.00 bits per heavy atom. The van der Waals surface area contributed by atoms with E-state index in [0.29, 0.717) is 21.6 Å². The van der Waals surface area contributed by atoms with Gasteiger partial charge in [0.1, 0.15) is 0 Å². The minimum atomic E-state index is -0.339. The lowest BCUT2D eigenvalue weighted by Crippen LogP contribution is -2.13. The van der Waals surface area contributed by atoms with Gasteiger partial charge in [-0.2, -0.15) is 0 Å². The second kappa shape index (κ2) is 6.29. The van der Waals surface area contributed by atoms with Gasteiger partial charge in [-0.25, -0.2) is 0 Å². The molecular formula is C14H10Cl3NO. The molecule has 0 aliphatic rings. The van der Waals surface area contributed by atoms with Crippen LogP contribution >= 0.6 is 34.8 Å². The van der Waals surface area contributed by atoms with Crippen molar-refractivity contribution in [2.75, 3.05) is 5.32 Å². The summed E-state index contributed by atoms with van der Waals surface area (Å²) in [7, 11) is 0. The Morgan fingerprint density at radius 3 is 2.11 bits per heavy atom. The van der Waals surface area contributed by atoms with E-state index in [-0.39, 0.29) is 11.5 Å². The zero-order chi connectivity index (χ0) is 13.8. The van der Waals surface area contributed by atoms with Crippen molar-refractivity contribution >= 4 is 46.4 Å². The largest absolute Gasteiger partial charge is 0.322 e. The van der Waals surface area contributed by atoms with Crippen molar-refractivity contribution in [2.45, 2.75) is 5.88 Å². The molecule has 5 heteroatoms. The number of nitrogens with one attached hydrogen (secondary N) is 1. The van der Waals surface area contributed by atoms with E-state index < -0.39 is 0 Å². The summed E-state index contributed by atoms with van der Waals surface area (Å²) in [6.07, 6.45) is 0. The summed E-state index contributed by atoms with van der Waals surface area (Å²) in [5.74, 6) is 0.0964. The van der Waals surface area contributed by atoms with Gasteiger partial charge in [0, 0.05) is 11.6 Å². The predicted octanol–water partition coefficient (Wildman–Crippen LogP) is 4.98. The van der Waals surface area contributed by atoms with Crippen molar-refractivity contribution in [1.82, 2.24) is 0 Å². The molecule has 0 fully saturated rings. The molecule has 0 saturated carbocycles. The van der Waals surface area contributed by atoms with Gasteiger partial charge < -0.3 is 5.32 Å². The van der Waals surface area contributed by atoms with Crippen LogP contribution in [0.4, 0.5) is 5.69 Å². The molecule has 2 rings (SSSR count). The van der Waals surface area contributed by atoms with Crippen LogP contribution in [0.3, 0.4) is 0 Å². The monoisotopic (exact) mass is 313 g/mol. The third-order valence-corrected chi connectivity index (χ3v) is 3.49. The molecule has 0 saturated heterocycles. The fourth-order valence-corrected chi connectivity index (χ4v) is 2.33. The van der Waals surface area contributed by atoms with Gasteiger partial charge in [0.05, 0.1) is 15.6 Å². The van der Waals surface area contributed by atoms with Gasteiger partial charge in [0.15, 0.2) is 0 Å². The molecular weight excluding hydrogens is 305 g/mol. The van der Waals surface area contributed by atoms with E-state index in [0.717, 1.165) is 5.56 Å². The van der Waals surface area contributed by atoms with Crippen LogP contribution in [0, 0.1) is 0 Å². The summed E-state index contributed by atoms with van der Waals surface area (Å²) >= 11 is 17.7. The minimum Gasteiger partial charge on any atom is -0.322 e. The van der Waals surface area contributed by atoms with E-state index in [1.54, 1.807) is 30.3 Å². The highest BCUT2D eigenvalue weighted by Crippen LogP contribution is 2.25. The van der Waals surface area contributed by atoms with Crippen LogP contribution in [-0.2, 0) is 5.88 Å². The molecule has 1 N–H and O–H groups in total. The Hall–Kier alpha value is -1.22. The third-order valence-electron chi connectivity index (χ3n) is 2.56. The molecule has 2 nitrogen and oxygen atoms in total. The second-order valence-corrected chi connectivity index (χ2v) is 4.96. The van der Waals surface area contributed by atoms with Crippen LogP contribution in [0.15, 0.2) is 42.5 Å². The third kappa shape index (κ3) is 3.41. The number of rotatable bonds is 3. The van der Waals surface area contributed by atoms with Crippen LogP contribution in [0.2, 0.25) is 10.0 Å². The highest BCUT2D eigenvalue weighted by Gasteiger charge is 2.14. The zero-order valence-electron chi connectivity index (χ0n) is 9.79. The van der Waals surface area contributed by atoms with Crippen molar-refractivity contribution in [3.8, 4) is 0 Å². The van der Waals surface area contributed by atoms with Gasteiger partial charge in [-0.15, -0.1) is 11.6 Å². The Labute approximate surface area is 126 Å². The SMILES string of the molecule is O=C(Nc1ccc(CCl)cc1)c1c(Cl)cccc1Cl. The van der Waals surface area contributed by atoms with Gasteiger partial charge in [-0.05, 0) is 29.8 Å². The number of carbonyl (C=O) groups excluding carboxylic acids is 1. The first kappa shape index (κ1) is 14.2. The van der Waals surface area contributed by atoms with Gasteiger partial charge in [-0.1, -0.05) is 41.4 Å². The lowest BCUT2D eigenvalue weighted by Gasteiger charge is -2.08. The van der Waals surface area contributed by atoms with E-state index in [2.05, 4.69) is 5.32 Å². The van der Waals surface area contributed by atoms with E-state index in [4.69, 9.17) is 34.8 Å². The lowest BCUT2D eigenvalue weighted by atomic mass is 10.2. The van der Waals surface area contributed by atoms with Gasteiger partial charge in [-0.3, -0.25) is 4.79 Å². The molecule has 19 heavy (non-hydrogen) atoms. The Morgan fingerprint density at radius 2 is 1.58 bits per heavy atom. The van der Waals surface area contributed by atoms with E-state index >= 15 is 0 Å². The first-order chi connectivity index (χ1) is 9.11. The van der Waals surface area contributed by atoms with Crippen molar-refractivity contribution < 1.29 is 4.79 Å². The number of hydrogen-bond acceptors (Lipinski definition) is 1. The van der Waals surface area contributed by atoms with Crippen molar-refractivity contribution in [2.24, 2.45) is 0 Å². The highest BCUT2D eigenvalue weighted by atomic mass is 35.5. The molecule has 0 unspecified atom stereocenters. The van der Waals surface area contributed by atoms with Gasteiger partial charge in [0.2, 0.25) is 0 Å². The van der Waals surface area contributed by atoms with Crippen molar-refractivity contribution in [3.05, 3.63) is 63.6 Å². The number of halogens is 3. The molecule has 0 heterocycles. The lowest BCUT2D eigenvalue weighted by molar-refractivity contribution is 0.102. The number of anilines is 1. The van der Waals surface area contributed by atoms with Crippen molar-refractivity contribution in [3.63, 3.8) is 0 Å². The Bertz CT molecular complexity index is 576. The molecule has 1 amide bonds. The molecule has 0 aliphatic carbocycles. The maximum Gasteiger partial charge on any atom is 0.258 e. The molecule has 2 aromatic rings. The summed E-state index contributed by atoms with van der Waals surface area (Å²) in [5.41, 5.74) is 1.91. The van der Waals surface area contributed by atoms with Crippen LogP contribution in [0.1, 0.15) is 15.9 Å². The molecule has 0 atom stereocenters. The highest BCUT2D eigenvalue weighted by molar-refractivity contribution is 6.40. The first-order valence-corrected chi connectivity index (χ1v) is 6.81. The fraction of sp³-hybridized carbons (Fsp3) is 0.0714. The average molecular weight is 315 g/mol. The number of hydrogen-bond donors (Lipinski definition) is 1. The van der Waals surface area contributed by atoms with Gasteiger partial charge in [0.25, 0.3) is 5.91 Å². The van der Waals surface area contributed by atoms with Crippen LogP contribution in [0.25, 0.3) is 0 Å². The minimum absolute atomic E-state index is 0.271. The molecule has 98 valence electrons. The molecule has 0 radical (unpaired) electrons. The predicted molar refractivity (Wildman–Crippen MR) is 80.4 cm³/mol. The Balaban J connectivity index is 2.21. The summed E-state index contributed by atoms with van der Waals surface area (Å²) < 4.78 is 0. The number of alkyl halides is 1. The second-order valence-electron chi connectivity index (χ2n) is 3.88. The molecule has 0 aromatic heterocycles. The fourth-order valence-electron chi connectivity index (χ4n) is 1.59. The van der Waals surface area contributed by atoms with Crippen LogP contribution < -0.4 is 5.32 Å². The average Bonchev–Trinajstić information content (AvgIpc) is 2.39. The Kier molecular flexibility index (Phi) is 4.70. The number of benzene rings is 2. The maximum atomic E-state index is 12.1. The maximum absolute atomic E-state index is 12.1. The number of carbonyl (C=O) groups is 1. The molecule has 2 aromatic carbocycles.